The van der Waals surface area contributed by atoms with E-state index in [0.717, 1.165) is 48.3 Å². The molecule has 2 aliphatic heterocycles. The molecule has 1 unspecified atom stereocenters. The van der Waals surface area contributed by atoms with E-state index in [0.29, 0.717) is 18.4 Å². The van der Waals surface area contributed by atoms with Crippen molar-refractivity contribution in [3.63, 3.8) is 0 Å². The Kier molecular flexibility index (Phi) is 2.74. The molecule has 0 aliphatic carbocycles. The highest BCUT2D eigenvalue weighted by Crippen LogP contribution is 2.32. The zero-order valence-corrected chi connectivity index (χ0v) is 11.8. The van der Waals surface area contributed by atoms with Gasteiger partial charge in [0.05, 0.1) is 11.2 Å². The van der Waals surface area contributed by atoms with Crippen LogP contribution in [-0.4, -0.2) is 41.5 Å². The third kappa shape index (κ3) is 1.92. The number of carbonyl (C=O) groups excluding carboxylic acids is 1. The quantitative estimate of drug-likeness (QED) is 0.808. The van der Waals surface area contributed by atoms with Gasteiger partial charge in [-0.25, -0.2) is 0 Å². The van der Waals surface area contributed by atoms with E-state index in [9.17, 15) is 4.79 Å². The Bertz CT molecular complexity index is 714. The molecular weight excluding hydrogens is 264 g/mol. The Morgan fingerprint density at radius 1 is 1.24 bits per heavy atom. The highest BCUT2D eigenvalue weighted by molar-refractivity contribution is 5.98. The number of rotatable bonds is 1. The van der Waals surface area contributed by atoms with Crippen LogP contribution in [0.15, 0.2) is 30.5 Å². The van der Waals surface area contributed by atoms with Crippen LogP contribution < -0.4 is 10.6 Å². The first-order valence-corrected chi connectivity index (χ1v) is 7.41. The van der Waals surface area contributed by atoms with Crippen LogP contribution >= 0.6 is 0 Å². The minimum absolute atomic E-state index is 0.305. The molecule has 2 fully saturated rings. The van der Waals surface area contributed by atoms with Gasteiger partial charge in [-0.2, -0.15) is 0 Å². The molecule has 5 nitrogen and oxygen atoms in total. The average molecular weight is 282 g/mol. The van der Waals surface area contributed by atoms with Gasteiger partial charge < -0.3 is 15.5 Å². The number of carbonyl (C=O) groups is 1. The lowest BCUT2D eigenvalue weighted by molar-refractivity contribution is -0.129. The molecule has 2 N–H and O–H groups in total. The van der Waals surface area contributed by atoms with Crippen molar-refractivity contribution in [2.75, 3.05) is 30.3 Å². The van der Waals surface area contributed by atoms with Crippen LogP contribution in [0.2, 0.25) is 0 Å². The van der Waals surface area contributed by atoms with Crippen molar-refractivity contribution in [2.45, 2.75) is 18.9 Å². The minimum Gasteiger partial charge on any atom is -0.398 e. The van der Waals surface area contributed by atoms with Crippen molar-refractivity contribution in [3.8, 4) is 0 Å². The summed E-state index contributed by atoms with van der Waals surface area (Å²) in [6.07, 6.45) is 3.47. The first kappa shape index (κ1) is 12.4. The highest BCUT2D eigenvalue weighted by Gasteiger charge is 2.35. The average Bonchev–Trinajstić information content (AvgIpc) is 2.89. The number of nitrogens with two attached hydrogens (primary N) is 1. The van der Waals surface area contributed by atoms with Crippen molar-refractivity contribution in [2.24, 2.45) is 0 Å². The summed E-state index contributed by atoms with van der Waals surface area (Å²) in [6, 6.07) is 8.28. The van der Waals surface area contributed by atoms with E-state index >= 15 is 0 Å². The summed E-state index contributed by atoms with van der Waals surface area (Å²) in [4.78, 5) is 20.7. The van der Waals surface area contributed by atoms with Gasteiger partial charge in [-0.3, -0.25) is 9.78 Å². The summed E-state index contributed by atoms with van der Waals surface area (Å²) < 4.78 is 0. The molecule has 1 atom stereocenters. The van der Waals surface area contributed by atoms with Gasteiger partial charge in [-0.05, 0) is 30.7 Å². The fourth-order valence-electron chi connectivity index (χ4n) is 3.52. The first-order valence-electron chi connectivity index (χ1n) is 7.41. The number of benzene rings is 1. The van der Waals surface area contributed by atoms with E-state index in [4.69, 9.17) is 5.73 Å². The normalized spacial score (nSPS) is 21.9. The topological polar surface area (TPSA) is 62.5 Å². The summed E-state index contributed by atoms with van der Waals surface area (Å²) in [5, 5.41) is 1.000. The summed E-state index contributed by atoms with van der Waals surface area (Å²) in [5.41, 5.74) is 8.89. The molecule has 0 spiro atoms. The Labute approximate surface area is 123 Å². The number of amides is 1. The predicted molar refractivity (Wildman–Crippen MR) is 83.1 cm³/mol. The summed E-state index contributed by atoms with van der Waals surface area (Å²) in [5.74, 6) is 0.305. The SMILES string of the molecule is Nc1ccc(N2CCN3C(=O)CCC3C2)c2ncccc12. The molecule has 2 aliphatic rings. The van der Waals surface area contributed by atoms with Crippen LogP contribution in [0, 0.1) is 0 Å². The Morgan fingerprint density at radius 3 is 3.05 bits per heavy atom. The maximum absolute atomic E-state index is 11.8. The number of aromatic nitrogens is 1. The van der Waals surface area contributed by atoms with Gasteiger partial charge >= 0.3 is 0 Å². The first-order chi connectivity index (χ1) is 10.2. The van der Waals surface area contributed by atoms with Gasteiger partial charge in [0, 0.05) is 49.4 Å². The Morgan fingerprint density at radius 2 is 2.14 bits per heavy atom. The maximum atomic E-state index is 11.8. The molecule has 1 aromatic carbocycles. The van der Waals surface area contributed by atoms with Crippen LogP contribution in [0.5, 0.6) is 0 Å². The minimum atomic E-state index is 0.305. The number of anilines is 2. The van der Waals surface area contributed by atoms with Crippen LogP contribution in [0.25, 0.3) is 10.9 Å². The third-order valence-electron chi connectivity index (χ3n) is 4.62. The third-order valence-corrected chi connectivity index (χ3v) is 4.62. The van der Waals surface area contributed by atoms with Gasteiger partial charge in [0.25, 0.3) is 0 Å². The van der Waals surface area contributed by atoms with E-state index in [1.54, 1.807) is 6.20 Å². The van der Waals surface area contributed by atoms with Crippen molar-refractivity contribution < 1.29 is 4.79 Å². The van der Waals surface area contributed by atoms with Crippen molar-refractivity contribution in [3.05, 3.63) is 30.5 Å². The van der Waals surface area contributed by atoms with Crippen LogP contribution in [-0.2, 0) is 4.79 Å². The number of pyridine rings is 1. The number of hydrogen-bond donors (Lipinski definition) is 1. The Hall–Kier alpha value is -2.30. The highest BCUT2D eigenvalue weighted by atomic mass is 16.2. The summed E-state index contributed by atoms with van der Waals surface area (Å²) in [7, 11) is 0. The lowest BCUT2D eigenvalue weighted by Crippen LogP contribution is -2.51. The van der Waals surface area contributed by atoms with E-state index in [2.05, 4.69) is 16.0 Å². The predicted octanol–water partition coefficient (Wildman–Crippen LogP) is 1.63. The fourth-order valence-corrected chi connectivity index (χ4v) is 3.52. The second-order valence-electron chi connectivity index (χ2n) is 5.80. The van der Waals surface area contributed by atoms with Crippen LogP contribution in [0.1, 0.15) is 12.8 Å². The van der Waals surface area contributed by atoms with Gasteiger partial charge in [0.15, 0.2) is 0 Å². The van der Waals surface area contributed by atoms with Gasteiger partial charge in [0.2, 0.25) is 5.91 Å². The molecule has 0 radical (unpaired) electrons. The number of nitrogen functional groups attached to an aromatic ring is 1. The standard InChI is InChI=1S/C16H18N4O/c17-13-4-5-14(16-12(13)2-1-7-18-16)19-8-9-20-11(10-19)3-6-15(20)21/h1-2,4-5,7,11H,3,6,8-10,17H2. The molecule has 108 valence electrons. The number of hydrogen-bond acceptors (Lipinski definition) is 4. The maximum Gasteiger partial charge on any atom is 0.223 e. The zero-order chi connectivity index (χ0) is 14.4. The molecule has 1 aromatic heterocycles. The summed E-state index contributed by atoms with van der Waals surface area (Å²) in [6.45, 7) is 2.56. The molecule has 2 saturated heterocycles. The molecule has 3 heterocycles. The van der Waals surface area contributed by atoms with Crippen LogP contribution in [0.3, 0.4) is 0 Å². The van der Waals surface area contributed by atoms with Gasteiger partial charge in [-0.1, -0.05) is 0 Å². The van der Waals surface area contributed by atoms with Gasteiger partial charge in [-0.15, -0.1) is 0 Å². The van der Waals surface area contributed by atoms with E-state index in [-0.39, 0.29) is 0 Å². The van der Waals surface area contributed by atoms with E-state index in [1.165, 1.54) is 0 Å². The molecule has 0 bridgehead atoms. The number of fused-ring (bicyclic) bond motifs is 2. The fraction of sp³-hybridized carbons (Fsp3) is 0.375. The lowest BCUT2D eigenvalue weighted by atomic mass is 10.1. The molecule has 21 heavy (non-hydrogen) atoms. The van der Waals surface area contributed by atoms with E-state index < -0.39 is 0 Å². The lowest BCUT2D eigenvalue weighted by Gasteiger charge is -2.39. The largest absolute Gasteiger partial charge is 0.398 e. The molecule has 2 aromatic rings. The van der Waals surface area contributed by atoms with Crippen LogP contribution in [0.4, 0.5) is 11.4 Å². The molecule has 4 rings (SSSR count). The Balaban J connectivity index is 1.71. The van der Waals surface area contributed by atoms with E-state index in [1.807, 2.05) is 23.1 Å². The monoisotopic (exact) mass is 282 g/mol. The van der Waals surface area contributed by atoms with Gasteiger partial charge in [0.1, 0.15) is 0 Å². The zero-order valence-electron chi connectivity index (χ0n) is 11.8. The second-order valence-corrected chi connectivity index (χ2v) is 5.80. The summed E-state index contributed by atoms with van der Waals surface area (Å²) >= 11 is 0. The number of nitrogens with zero attached hydrogens (tertiary/aromatic N) is 3. The molecular formula is C16H18N4O. The molecule has 0 saturated carbocycles. The molecule has 5 heteroatoms. The number of piperazine rings is 1. The van der Waals surface area contributed by atoms with Crippen molar-refractivity contribution in [1.82, 2.24) is 9.88 Å². The van der Waals surface area contributed by atoms with Crippen molar-refractivity contribution >= 4 is 28.2 Å². The second kappa shape index (κ2) is 4.62. The molecule has 1 amide bonds. The smallest absolute Gasteiger partial charge is 0.223 e. The van der Waals surface area contributed by atoms with Crippen molar-refractivity contribution in [1.29, 1.82) is 0 Å².